The minimum absolute atomic E-state index is 0.0320. The molecule has 2 fully saturated rings. The number of alkyl halides is 6. The summed E-state index contributed by atoms with van der Waals surface area (Å²) < 4.78 is 75.7. The third kappa shape index (κ3) is 11.7. The van der Waals surface area contributed by atoms with E-state index in [1.54, 1.807) is 29.2 Å². The zero-order valence-corrected chi connectivity index (χ0v) is 29.6. The number of hydrogen-bond donors (Lipinski definition) is 5. The summed E-state index contributed by atoms with van der Waals surface area (Å²) in [4.78, 5) is 48.2. The van der Waals surface area contributed by atoms with E-state index in [9.17, 15) is 46.1 Å². The lowest BCUT2D eigenvalue weighted by atomic mass is 9.85. The molecule has 2 saturated heterocycles. The summed E-state index contributed by atoms with van der Waals surface area (Å²) in [5.74, 6) is -6.09. The fraction of sp³-hybridized carbons (Fsp3) is 0.471. The quantitative estimate of drug-likeness (QED) is 0.188. The Morgan fingerprint density at radius 2 is 1.65 bits per heavy atom. The second kappa shape index (κ2) is 18.6. The van der Waals surface area contributed by atoms with Crippen LogP contribution in [-0.4, -0.2) is 113 Å². The number of nitrogens with zero attached hydrogens (tertiary/aromatic N) is 2. The third-order valence-electron chi connectivity index (χ3n) is 8.45. The smallest absolute Gasteiger partial charge is 0.490 e. The molecule has 1 amide bonds. The Bertz CT molecular complexity index is 1830. The summed E-state index contributed by atoms with van der Waals surface area (Å²) in [6.07, 6.45) is -7.82. The SMILES string of the molecule is CCN(C[C@@H]1CCCCN1)C(=O)Oc1cc(O)c2c(=O)cc(-c3ccccc3Cl)oc2c1[C@H]1CCN(C)C[C@H]1O.O=C(O)C(F)(F)F.O=C(O)C(F)(F)F. The van der Waals surface area contributed by atoms with E-state index in [0.717, 1.165) is 25.8 Å². The second-order valence-electron chi connectivity index (χ2n) is 12.4. The Kier molecular flexibility index (Phi) is 15.1. The highest BCUT2D eigenvalue weighted by Crippen LogP contribution is 2.44. The van der Waals surface area contributed by atoms with Crippen molar-refractivity contribution in [3.63, 3.8) is 0 Å². The first-order valence-electron chi connectivity index (χ1n) is 16.4. The molecule has 0 spiro atoms. The van der Waals surface area contributed by atoms with Crippen LogP contribution in [0.15, 0.2) is 45.6 Å². The molecule has 0 aliphatic carbocycles. The lowest BCUT2D eigenvalue weighted by Gasteiger charge is -2.35. The lowest BCUT2D eigenvalue weighted by molar-refractivity contribution is -0.193. The number of amides is 1. The summed E-state index contributed by atoms with van der Waals surface area (Å²) in [6, 6.07) is 9.74. The molecule has 0 radical (unpaired) electrons. The summed E-state index contributed by atoms with van der Waals surface area (Å²) in [6.45, 7) is 4.81. The molecule has 298 valence electrons. The number of halogens is 7. The van der Waals surface area contributed by atoms with Crippen LogP contribution >= 0.6 is 11.6 Å². The number of β-amino-alcohol motifs (C(OH)–C–C–N with tert-alkyl or cyclic N) is 1. The number of carboxylic acid groups (broad SMARTS) is 2. The zero-order valence-electron chi connectivity index (χ0n) is 28.8. The number of aliphatic hydroxyl groups is 1. The van der Waals surface area contributed by atoms with Crippen LogP contribution in [0, 0.1) is 0 Å². The number of carboxylic acids is 2. The maximum absolute atomic E-state index is 13.4. The molecule has 1 aromatic heterocycles. The van der Waals surface area contributed by atoms with Gasteiger partial charge in [0, 0.05) is 54.9 Å². The fourth-order valence-electron chi connectivity index (χ4n) is 5.80. The van der Waals surface area contributed by atoms with E-state index in [-0.39, 0.29) is 34.3 Å². The average Bonchev–Trinajstić information content (AvgIpc) is 3.08. The van der Waals surface area contributed by atoms with Crippen molar-refractivity contribution < 1.29 is 70.3 Å². The van der Waals surface area contributed by atoms with Gasteiger partial charge in [-0.25, -0.2) is 14.4 Å². The molecule has 3 heterocycles. The van der Waals surface area contributed by atoms with Gasteiger partial charge in [-0.15, -0.1) is 0 Å². The number of phenolic OH excluding ortho intramolecular Hbond substituents is 1. The number of aliphatic hydroxyl groups excluding tert-OH is 1. The van der Waals surface area contributed by atoms with Gasteiger partial charge < -0.3 is 44.7 Å². The average molecular weight is 798 g/mol. The van der Waals surface area contributed by atoms with Crippen molar-refractivity contribution in [3.8, 4) is 22.8 Å². The van der Waals surface area contributed by atoms with Crippen LogP contribution in [0.1, 0.15) is 44.1 Å². The Balaban J connectivity index is 0.000000476. The number of benzene rings is 2. The number of likely N-dealkylation sites (N-methyl/N-ethyl adjacent to an activating group) is 2. The van der Waals surface area contributed by atoms with Crippen LogP contribution in [0.5, 0.6) is 11.5 Å². The first-order valence-corrected chi connectivity index (χ1v) is 16.8. The lowest BCUT2D eigenvalue weighted by Crippen LogP contribution is -2.46. The van der Waals surface area contributed by atoms with E-state index < -0.39 is 47.8 Å². The molecule has 0 saturated carbocycles. The number of aromatic hydroxyl groups is 1. The number of ether oxygens (including phenoxy) is 1. The predicted octanol–water partition coefficient (Wildman–Crippen LogP) is 5.83. The Labute approximate surface area is 308 Å². The van der Waals surface area contributed by atoms with Crippen LogP contribution in [0.4, 0.5) is 31.1 Å². The Morgan fingerprint density at radius 3 is 2.17 bits per heavy atom. The molecule has 20 heteroatoms. The molecule has 2 aliphatic heterocycles. The fourth-order valence-corrected chi connectivity index (χ4v) is 6.03. The number of carbonyl (C=O) groups is 3. The van der Waals surface area contributed by atoms with Gasteiger partial charge in [0.25, 0.3) is 0 Å². The number of fused-ring (bicyclic) bond motifs is 1. The van der Waals surface area contributed by atoms with Crippen molar-refractivity contribution in [2.75, 3.05) is 39.8 Å². The van der Waals surface area contributed by atoms with Crippen molar-refractivity contribution in [2.45, 2.75) is 63.0 Å². The van der Waals surface area contributed by atoms with Crippen molar-refractivity contribution in [2.24, 2.45) is 0 Å². The molecule has 2 aliphatic rings. The number of piperidine rings is 2. The number of nitrogens with one attached hydrogen (secondary N) is 1. The van der Waals surface area contributed by atoms with Crippen LogP contribution in [-0.2, 0) is 9.59 Å². The van der Waals surface area contributed by atoms with Gasteiger partial charge >= 0.3 is 30.4 Å². The number of carbonyl (C=O) groups excluding carboxylic acids is 1. The summed E-state index contributed by atoms with van der Waals surface area (Å²) in [5.41, 5.74) is 0.515. The minimum atomic E-state index is -5.08. The molecule has 5 N–H and O–H groups in total. The van der Waals surface area contributed by atoms with E-state index in [1.165, 1.54) is 12.1 Å². The zero-order chi connectivity index (χ0) is 40.5. The standard InChI is InChI=1S/C30H36ClN3O6.2C2HF3O2/c1-3-34(16-18-8-6-7-12-32-18)30(38)40-26-15-23(36)28-22(35)14-25(19-9-4-5-10-21(19)31)39-29(28)27(26)20-11-13-33(2)17-24(20)37;2*3-2(4,5)1(6)7/h4-5,9-10,14-15,18,20,24,32,36-37H,3,6-8,11-13,16-17H2,1-2H3;2*(H,6,7)/t18-,20-,24+;;/m0../s1. The molecule has 54 heavy (non-hydrogen) atoms. The molecular weight excluding hydrogens is 760 g/mol. The van der Waals surface area contributed by atoms with E-state index in [4.69, 9.17) is 40.6 Å². The maximum atomic E-state index is 13.4. The molecular formula is C34H38ClF6N3O10. The van der Waals surface area contributed by atoms with Gasteiger partial charge in [-0.1, -0.05) is 30.2 Å². The second-order valence-corrected chi connectivity index (χ2v) is 12.8. The molecule has 0 unspecified atom stereocenters. The molecule has 5 rings (SSSR count). The van der Waals surface area contributed by atoms with Crippen LogP contribution in [0.25, 0.3) is 22.3 Å². The molecule has 2 aromatic carbocycles. The summed E-state index contributed by atoms with van der Waals surface area (Å²) in [7, 11) is 1.92. The molecule has 0 bridgehead atoms. The van der Waals surface area contributed by atoms with Crippen molar-refractivity contribution in [1.29, 1.82) is 0 Å². The number of rotatable bonds is 6. The number of hydrogen-bond acceptors (Lipinski definition) is 10. The van der Waals surface area contributed by atoms with E-state index in [0.29, 0.717) is 48.7 Å². The van der Waals surface area contributed by atoms with Gasteiger partial charge in [0.2, 0.25) is 0 Å². The minimum Gasteiger partial charge on any atom is -0.507 e. The molecule has 13 nitrogen and oxygen atoms in total. The summed E-state index contributed by atoms with van der Waals surface area (Å²) in [5, 5.41) is 40.2. The monoisotopic (exact) mass is 797 g/mol. The topological polar surface area (TPSA) is 190 Å². The number of likely N-dealkylation sites (tertiary alicyclic amines) is 1. The molecule has 3 aromatic rings. The van der Waals surface area contributed by atoms with Crippen molar-refractivity contribution >= 4 is 40.6 Å². The van der Waals surface area contributed by atoms with Gasteiger partial charge in [0.1, 0.15) is 28.2 Å². The first-order chi connectivity index (χ1) is 25.1. The van der Waals surface area contributed by atoms with Gasteiger partial charge in [-0.2, -0.15) is 26.3 Å². The Morgan fingerprint density at radius 1 is 1.04 bits per heavy atom. The Hall–Kier alpha value is -4.59. The highest BCUT2D eigenvalue weighted by molar-refractivity contribution is 6.33. The highest BCUT2D eigenvalue weighted by atomic mass is 35.5. The number of phenols is 1. The molecule has 3 atom stereocenters. The number of aliphatic carboxylic acids is 2. The van der Waals surface area contributed by atoms with Crippen LogP contribution in [0.3, 0.4) is 0 Å². The van der Waals surface area contributed by atoms with E-state index in [2.05, 4.69) is 5.32 Å². The van der Waals surface area contributed by atoms with Crippen LogP contribution < -0.4 is 15.5 Å². The van der Waals surface area contributed by atoms with E-state index in [1.807, 2.05) is 18.9 Å². The van der Waals surface area contributed by atoms with Crippen LogP contribution in [0.2, 0.25) is 5.02 Å². The van der Waals surface area contributed by atoms with Gasteiger partial charge in [-0.05, 0) is 58.5 Å². The summed E-state index contributed by atoms with van der Waals surface area (Å²) >= 11 is 6.42. The third-order valence-corrected chi connectivity index (χ3v) is 8.78. The van der Waals surface area contributed by atoms with Gasteiger partial charge in [-0.3, -0.25) is 4.79 Å². The van der Waals surface area contributed by atoms with Crippen molar-refractivity contribution in [3.05, 3.63) is 57.2 Å². The van der Waals surface area contributed by atoms with Gasteiger partial charge in [0.15, 0.2) is 5.43 Å². The van der Waals surface area contributed by atoms with Gasteiger partial charge in [0.05, 0.1) is 11.1 Å². The highest BCUT2D eigenvalue weighted by Gasteiger charge is 2.39. The largest absolute Gasteiger partial charge is 0.507 e. The van der Waals surface area contributed by atoms with Crippen molar-refractivity contribution in [1.82, 2.24) is 15.1 Å². The predicted molar refractivity (Wildman–Crippen MR) is 182 cm³/mol. The normalized spacial score (nSPS) is 19.1. The first kappa shape index (κ1) is 43.8. The van der Waals surface area contributed by atoms with E-state index >= 15 is 0 Å². The maximum Gasteiger partial charge on any atom is 0.490 e.